The van der Waals surface area contributed by atoms with Crippen LogP contribution in [0.4, 0.5) is 0 Å². The highest BCUT2D eigenvalue weighted by molar-refractivity contribution is 5.80. The van der Waals surface area contributed by atoms with Crippen LogP contribution in [0.5, 0.6) is 0 Å². The Morgan fingerprint density at radius 1 is 1.86 bits per heavy atom. The van der Waals surface area contributed by atoms with Crippen LogP contribution in [-0.2, 0) is 4.79 Å². The summed E-state index contributed by atoms with van der Waals surface area (Å²) in [4.78, 5) is 9.93. The summed E-state index contributed by atoms with van der Waals surface area (Å²) in [6.45, 7) is 6.97. The molecule has 0 heterocycles. The minimum absolute atomic E-state index is 0.264. The molecule has 0 bridgehead atoms. The number of rotatable bonds is 2. The first-order valence-corrected chi connectivity index (χ1v) is 1.98. The molecule has 0 saturated heterocycles. The fourth-order valence-corrected chi connectivity index (χ4v) is 0.186. The molecule has 0 aromatic heterocycles. The molecule has 1 radical (unpaired) electrons. The van der Waals surface area contributed by atoms with Gasteiger partial charge in [-0.15, -0.1) is 6.58 Å². The Labute approximate surface area is 43.2 Å². The van der Waals surface area contributed by atoms with Crippen LogP contribution < -0.4 is 5.32 Å². The van der Waals surface area contributed by atoms with Gasteiger partial charge in [0, 0.05) is 13.5 Å². The lowest BCUT2D eigenvalue weighted by atomic mass is 10.6. The van der Waals surface area contributed by atoms with E-state index in [4.69, 9.17) is 0 Å². The van der Waals surface area contributed by atoms with Crippen molar-refractivity contribution in [3.63, 3.8) is 0 Å². The van der Waals surface area contributed by atoms with Crippen molar-refractivity contribution in [3.05, 3.63) is 19.6 Å². The molecule has 0 unspecified atom stereocenters. The second-order valence-electron chi connectivity index (χ2n) is 1.09. The molecule has 0 spiro atoms. The van der Waals surface area contributed by atoms with Gasteiger partial charge in [0.2, 0.25) is 5.91 Å². The van der Waals surface area contributed by atoms with Crippen LogP contribution in [0, 0.1) is 6.92 Å². The average Bonchev–Trinajstić information content (AvgIpc) is 1.61. The summed E-state index contributed by atoms with van der Waals surface area (Å²) in [5.74, 6) is -0.264. The SMILES string of the molecule is [CH2]C(=O)NCC=C. The van der Waals surface area contributed by atoms with Gasteiger partial charge in [0.15, 0.2) is 0 Å². The number of carbonyl (C=O) groups excluding carboxylic acids is 1. The van der Waals surface area contributed by atoms with E-state index in [0.717, 1.165) is 0 Å². The maximum atomic E-state index is 9.93. The lowest BCUT2D eigenvalue weighted by molar-refractivity contribution is -0.116. The van der Waals surface area contributed by atoms with Crippen molar-refractivity contribution in [3.8, 4) is 0 Å². The van der Waals surface area contributed by atoms with Crippen molar-refractivity contribution in [1.82, 2.24) is 5.32 Å². The molecule has 0 aliphatic heterocycles. The van der Waals surface area contributed by atoms with E-state index >= 15 is 0 Å². The van der Waals surface area contributed by atoms with E-state index in [1.54, 1.807) is 6.08 Å². The van der Waals surface area contributed by atoms with Crippen LogP contribution in [0.1, 0.15) is 0 Å². The first-order chi connectivity index (χ1) is 3.27. The normalized spacial score (nSPS) is 7.57. The van der Waals surface area contributed by atoms with Gasteiger partial charge in [-0.2, -0.15) is 0 Å². The molecule has 0 aliphatic rings. The molecule has 2 heteroatoms. The highest BCUT2D eigenvalue weighted by atomic mass is 16.1. The highest BCUT2D eigenvalue weighted by Crippen LogP contribution is 1.58. The van der Waals surface area contributed by atoms with Crippen LogP contribution in [0.15, 0.2) is 12.7 Å². The topological polar surface area (TPSA) is 29.1 Å². The van der Waals surface area contributed by atoms with Gasteiger partial charge >= 0.3 is 0 Å². The molecule has 0 saturated carbocycles. The van der Waals surface area contributed by atoms with E-state index < -0.39 is 0 Å². The van der Waals surface area contributed by atoms with Crippen LogP contribution in [0.3, 0.4) is 0 Å². The monoisotopic (exact) mass is 98.1 g/mol. The van der Waals surface area contributed by atoms with E-state index in [0.29, 0.717) is 6.54 Å². The Bertz CT molecular complexity index is 78.1. The molecule has 0 fully saturated rings. The van der Waals surface area contributed by atoms with Gasteiger partial charge in [0.05, 0.1) is 0 Å². The van der Waals surface area contributed by atoms with Crippen LogP contribution in [-0.4, -0.2) is 12.5 Å². The Morgan fingerprint density at radius 2 is 2.43 bits per heavy atom. The smallest absolute Gasteiger partial charge is 0.220 e. The lowest BCUT2D eigenvalue weighted by Gasteiger charge is -1.90. The predicted molar refractivity (Wildman–Crippen MR) is 28.6 cm³/mol. The molecule has 7 heavy (non-hydrogen) atoms. The van der Waals surface area contributed by atoms with Crippen molar-refractivity contribution >= 4 is 5.91 Å². The summed E-state index contributed by atoms with van der Waals surface area (Å²) in [5.41, 5.74) is 0. The summed E-state index contributed by atoms with van der Waals surface area (Å²) in [6.07, 6.45) is 1.60. The van der Waals surface area contributed by atoms with Crippen molar-refractivity contribution < 1.29 is 4.79 Å². The quantitative estimate of drug-likeness (QED) is 0.488. The summed E-state index contributed by atoms with van der Waals surface area (Å²) >= 11 is 0. The van der Waals surface area contributed by atoms with Crippen molar-refractivity contribution in [1.29, 1.82) is 0 Å². The van der Waals surface area contributed by atoms with Gasteiger partial charge in [0.1, 0.15) is 0 Å². The molecule has 0 aromatic carbocycles. The molecule has 0 rings (SSSR count). The summed E-state index contributed by atoms with van der Waals surface area (Å²) in [7, 11) is 0. The standard InChI is InChI=1S/C5H8NO/c1-3-4-6-5(2)7/h3H,1-2,4H2,(H,6,7). The number of nitrogens with one attached hydrogen (secondary N) is 1. The van der Waals surface area contributed by atoms with E-state index in [-0.39, 0.29) is 5.91 Å². The van der Waals surface area contributed by atoms with Crippen LogP contribution in [0.25, 0.3) is 0 Å². The number of amides is 1. The molecule has 0 aliphatic carbocycles. The highest BCUT2D eigenvalue weighted by Gasteiger charge is 1.81. The molecule has 2 nitrogen and oxygen atoms in total. The Hall–Kier alpha value is -0.790. The lowest BCUT2D eigenvalue weighted by Crippen LogP contribution is -2.19. The summed E-state index contributed by atoms with van der Waals surface area (Å²) < 4.78 is 0. The Balaban J connectivity index is 2.97. The predicted octanol–water partition coefficient (Wildman–Crippen LogP) is 0.123. The summed E-state index contributed by atoms with van der Waals surface area (Å²) in [6, 6.07) is 0. The van der Waals surface area contributed by atoms with Crippen molar-refractivity contribution in [2.24, 2.45) is 0 Å². The number of carbonyl (C=O) groups is 1. The molecule has 1 N–H and O–H groups in total. The van der Waals surface area contributed by atoms with Gasteiger partial charge < -0.3 is 5.32 Å². The van der Waals surface area contributed by atoms with Crippen LogP contribution >= 0.6 is 0 Å². The van der Waals surface area contributed by atoms with Gasteiger partial charge in [-0.3, -0.25) is 4.79 Å². The molecule has 0 aromatic rings. The third-order valence-corrected chi connectivity index (χ3v) is 0.444. The van der Waals surface area contributed by atoms with E-state index in [9.17, 15) is 4.79 Å². The minimum Gasteiger partial charge on any atom is -0.353 e. The minimum atomic E-state index is -0.264. The molecule has 39 valence electrons. The maximum absolute atomic E-state index is 9.93. The average molecular weight is 98.1 g/mol. The van der Waals surface area contributed by atoms with Gasteiger partial charge in [0.25, 0.3) is 0 Å². The summed E-state index contributed by atoms with van der Waals surface area (Å²) in [5, 5.41) is 2.43. The zero-order chi connectivity index (χ0) is 5.70. The van der Waals surface area contributed by atoms with E-state index in [2.05, 4.69) is 18.8 Å². The third-order valence-electron chi connectivity index (χ3n) is 0.444. The first-order valence-electron chi connectivity index (χ1n) is 1.98. The van der Waals surface area contributed by atoms with E-state index in [1.165, 1.54) is 0 Å². The van der Waals surface area contributed by atoms with Gasteiger partial charge in [-0.25, -0.2) is 0 Å². The first kappa shape index (κ1) is 6.21. The molecular weight excluding hydrogens is 90.1 g/mol. The second kappa shape index (κ2) is 3.40. The number of hydrogen-bond donors (Lipinski definition) is 1. The fraction of sp³-hybridized carbons (Fsp3) is 0.200. The molecule has 0 atom stereocenters. The Morgan fingerprint density at radius 3 is 2.57 bits per heavy atom. The third kappa shape index (κ3) is 5.21. The largest absolute Gasteiger partial charge is 0.353 e. The van der Waals surface area contributed by atoms with Crippen LogP contribution in [0.2, 0.25) is 0 Å². The van der Waals surface area contributed by atoms with Crippen molar-refractivity contribution in [2.75, 3.05) is 6.54 Å². The zero-order valence-corrected chi connectivity index (χ0v) is 4.11. The Kier molecular flexibility index (Phi) is 3.02. The zero-order valence-electron chi connectivity index (χ0n) is 4.11. The van der Waals surface area contributed by atoms with Gasteiger partial charge in [-0.1, -0.05) is 6.08 Å². The molecule has 1 amide bonds. The fourth-order valence-electron chi connectivity index (χ4n) is 0.186. The maximum Gasteiger partial charge on any atom is 0.220 e. The van der Waals surface area contributed by atoms with Gasteiger partial charge in [-0.05, 0) is 0 Å². The number of hydrogen-bond acceptors (Lipinski definition) is 1. The van der Waals surface area contributed by atoms with E-state index in [1.807, 2.05) is 0 Å². The second-order valence-corrected chi connectivity index (χ2v) is 1.09. The molecular formula is C5H8NO. The van der Waals surface area contributed by atoms with Crippen molar-refractivity contribution in [2.45, 2.75) is 0 Å².